The van der Waals surface area contributed by atoms with Gasteiger partial charge in [0.2, 0.25) is 0 Å². The van der Waals surface area contributed by atoms with Gasteiger partial charge < -0.3 is 4.90 Å². The van der Waals surface area contributed by atoms with E-state index in [1.165, 1.54) is 29.2 Å². The Morgan fingerprint density at radius 1 is 1.03 bits per heavy atom. The van der Waals surface area contributed by atoms with E-state index in [0.29, 0.717) is 15.9 Å². The van der Waals surface area contributed by atoms with E-state index in [1.54, 1.807) is 6.07 Å². The van der Waals surface area contributed by atoms with Gasteiger partial charge in [0, 0.05) is 36.3 Å². The number of azo groups is 1. The summed E-state index contributed by atoms with van der Waals surface area (Å²) >= 11 is 1.19. The van der Waals surface area contributed by atoms with E-state index >= 15 is 0 Å². The summed E-state index contributed by atoms with van der Waals surface area (Å²) in [6.45, 7) is 6.10. The van der Waals surface area contributed by atoms with Crippen molar-refractivity contribution in [1.29, 1.82) is 0 Å². The van der Waals surface area contributed by atoms with Crippen LogP contribution in [0.1, 0.15) is 31.4 Å². The van der Waals surface area contributed by atoms with E-state index in [0.717, 1.165) is 42.9 Å². The molecule has 0 saturated carbocycles. The van der Waals surface area contributed by atoms with Crippen molar-refractivity contribution in [3.05, 3.63) is 88.0 Å². The lowest BCUT2D eigenvalue weighted by atomic mass is 10.1. The van der Waals surface area contributed by atoms with Crippen molar-refractivity contribution in [2.24, 2.45) is 10.2 Å². The first-order valence-electron chi connectivity index (χ1n) is 11.0. The summed E-state index contributed by atoms with van der Waals surface area (Å²) in [7, 11) is 0. The van der Waals surface area contributed by atoms with Gasteiger partial charge in [0.1, 0.15) is 0 Å². The molecule has 0 bridgehead atoms. The highest BCUT2D eigenvalue weighted by Crippen LogP contribution is 2.35. The monoisotopic (exact) mass is 459 g/mol. The standard InChI is InChI=1S/C25H25N5O2S/c1-3-14-29(17-18-8-6-5-7-9-18)20-10-12-23(19(4-2)15-20)26-27-25-22-16-21(30(31)32)11-13-24(22)28-33-25/h5-13,15-16H,3-4,14,17H2,1-2H3. The lowest BCUT2D eigenvalue weighted by molar-refractivity contribution is -0.384. The largest absolute Gasteiger partial charge is 0.367 e. The molecule has 168 valence electrons. The van der Waals surface area contributed by atoms with Crippen LogP contribution in [0.15, 0.2) is 77.0 Å². The number of aryl methyl sites for hydroxylation is 1. The fraction of sp³-hybridized carbons (Fsp3) is 0.240. The van der Waals surface area contributed by atoms with Crippen LogP contribution in [-0.2, 0) is 13.0 Å². The average Bonchev–Trinajstić information content (AvgIpc) is 3.25. The van der Waals surface area contributed by atoms with Gasteiger partial charge in [0.05, 0.1) is 16.1 Å². The van der Waals surface area contributed by atoms with Crippen LogP contribution < -0.4 is 4.90 Å². The molecule has 3 aromatic carbocycles. The smallest absolute Gasteiger partial charge is 0.270 e. The minimum Gasteiger partial charge on any atom is -0.367 e. The van der Waals surface area contributed by atoms with Crippen LogP contribution in [-0.4, -0.2) is 15.8 Å². The van der Waals surface area contributed by atoms with Gasteiger partial charge in [0.25, 0.3) is 5.69 Å². The zero-order valence-corrected chi connectivity index (χ0v) is 19.5. The maximum absolute atomic E-state index is 11.1. The Hall–Kier alpha value is -3.65. The second-order valence-electron chi connectivity index (χ2n) is 7.72. The summed E-state index contributed by atoms with van der Waals surface area (Å²) in [5, 5.41) is 21.2. The molecule has 4 rings (SSSR count). The predicted octanol–water partition coefficient (Wildman–Crippen LogP) is 7.60. The topological polar surface area (TPSA) is 84.0 Å². The lowest BCUT2D eigenvalue weighted by Gasteiger charge is -2.25. The summed E-state index contributed by atoms with van der Waals surface area (Å²) < 4.78 is 4.33. The molecule has 0 aliphatic carbocycles. The Balaban J connectivity index is 1.61. The number of hydrogen-bond donors (Lipinski definition) is 0. The van der Waals surface area contributed by atoms with Crippen molar-refractivity contribution < 1.29 is 4.92 Å². The SMILES string of the molecule is CCCN(Cc1ccccc1)c1ccc(N=Nc2snc3ccc([N+](=O)[O-])cc23)c(CC)c1. The number of nitrogens with zero attached hydrogens (tertiary/aromatic N) is 5. The van der Waals surface area contributed by atoms with Crippen LogP contribution in [0.2, 0.25) is 0 Å². The number of benzene rings is 3. The first-order chi connectivity index (χ1) is 16.1. The highest BCUT2D eigenvalue weighted by molar-refractivity contribution is 7.11. The third-order valence-corrected chi connectivity index (χ3v) is 6.18. The number of non-ortho nitro benzene ring substituents is 1. The maximum atomic E-state index is 11.1. The third-order valence-electron chi connectivity index (χ3n) is 5.42. The lowest BCUT2D eigenvalue weighted by Crippen LogP contribution is -2.23. The van der Waals surface area contributed by atoms with Gasteiger partial charge in [-0.2, -0.15) is 4.37 Å². The number of hydrogen-bond acceptors (Lipinski definition) is 7. The zero-order chi connectivity index (χ0) is 23.2. The number of nitro benzene ring substituents is 1. The van der Waals surface area contributed by atoms with Gasteiger partial charge in [-0.1, -0.05) is 44.2 Å². The summed E-state index contributed by atoms with van der Waals surface area (Å²) in [6.07, 6.45) is 1.88. The van der Waals surface area contributed by atoms with Crippen molar-refractivity contribution in [3.8, 4) is 0 Å². The number of fused-ring (bicyclic) bond motifs is 1. The van der Waals surface area contributed by atoms with Gasteiger partial charge in [-0.25, -0.2) is 0 Å². The van der Waals surface area contributed by atoms with Crippen LogP contribution >= 0.6 is 11.5 Å². The summed E-state index contributed by atoms with van der Waals surface area (Å²) in [5.41, 5.74) is 5.04. The Bertz CT molecular complexity index is 1290. The Morgan fingerprint density at radius 2 is 1.85 bits per heavy atom. The molecule has 4 aromatic rings. The molecule has 1 aromatic heterocycles. The maximum Gasteiger partial charge on any atom is 0.270 e. The number of aromatic nitrogens is 1. The van der Waals surface area contributed by atoms with Crippen LogP contribution in [0, 0.1) is 10.1 Å². The molecule has 0 fully saturated rings. The third kappa shape index (κ3) is 5.23. The zero-order valence-electron chi connectivity index (χ0n) is 18.6. The Morgan fingerprint density at radius 3 is 2.58 bits per heavy atom. The predicted molar refractivity (Wildman–Crippen MR) is 134 cm³/mol. The molecule has 1 heterocycles. The first kappa shape index (κ1) is 22.5. The van der Waals surface area contributed by atoms with Gasteiger partial charge >= 0.3 is 0 Å². The van der Waals surface area contributed by atoms with E-state index in [4.69, 9.17) is 0 Å². The van der Waals surface area contributed by atoms with Crippen molar-refractivity contribution in [2.75, 3.05) is 11.4 Å². The van der Waals surface area contributed by atoms with Crippen molar-refractivity contribution in [1.82, 2.24) is 4.37 Å². The van der Waals surface area contributed by atoms with Gasteiger partial charge in [-0.15, -0.1) is 10.2 Å². The van der Waals surface area contributed by atoms with E-state index in [2.05, 4.69) is 69.7 Å². The number of anilines is 1. The fourth-order valence-electron chi connectivity index (χ4n) is 3.72. The van der Waals surface area contributed by atoms with E-state index < -0.39 is 4.92 Å². The van der Waals surface area contributed by atoms with Crippen LogP contribution in [0.5, 0.6) is 0 Å². The fourth-order valence-corrected chi connectivity index (χ4v) is 4.41. The molecular weight excluding hydrogens is 434 g/mol. The van der Waals surface area contributed by atoms with E-state index in [-0.39, 0.29) is 5.69 Å². The molecule has 0 aliphatic rings. The first-order valence-corrected chi connectivity index (χ1v) is 11.7. The van der Waals surface area contributed by atoms with Crippen molar-refractivity contribution in [2.45, 2.75) is 33.2 Å². The van der Waals surface area contributed by atoms with Gasteiger partial charge in [-0.05, 0) is 59.8 Å². The average molecular weight is 460 g/mol. The molecule has 0 atom stereocenters. The van der Waals surface area contributed by atoms with Gasteiger partial charge in [0.15, 0.2) is 5.00 Å². The molecule has 0 N–H and O–H groups in total. The summed E-state index contributed by atoms with van der Waals surface area (Å²) in [4.78, 5) is 13.1. The summed E-state index contributed by atoms with van der Waals surface area (Å²) in [6, 6.07) is 21.3. The van der Waals surface area contributed by atoms with E-state index in [9.17, 15) is 10.1 Å². The normalized spacial score (nSPS) is 11.3. The molecule has 0 aliphatic heterocycles. The minimum atomic E-state index is -0.413. The molecule has 7 nitrogen and oxygen atoms in total. The summed E-state index contributed by atoms with van der Waals surface area (Å²) in [5.74, 6) is 0. The van der Waals surface area contributed by atoms with E-state index in [1.807, 2.05) is 12.1 Å². The second-order valence-corrected chi connectivity index (χ2v) is 8.47. The Kier molecular flexibility index (Phi) is 7.04. The molecule has 0 unspecified atom stereocenters. The van der Waals surface area contributed by atoms with Crippen LogP contribution in [0.3, 0.4) is 0 Å². The quantitative estimate of drug-likeness (QED) is 0.146. The molecule has 33 heavy (non-hydrogen) atoms. The second kappa shape index (κ2) is 10.3. The molecule has 0 radical (unpaired) electrons. The van der Waals surface area contributed by atoms with Crippen LogP contribution in [0.25, 0.3) is 10.9 Å². The molecule has 8 heteroatoms. The highest BCUT2D eigenvalue weighted by Gasteiger charge is 2.13. The molecule has 0 saturated heterocycles. The van der Waals surface area contributed by atoms with Gasteiger partial charge in [-0.3, -0.25) is 10.1 Å². The number of nitro groups is 1. The van der Waals surface area contributed by atoms with Crippen molar-refractivity contribution in [3.63, 3.8) is 0 Å². The Labute approximate surface area is 196 Å². The highest BCUT2D eigenvalue weighted by atomic mass is 32.1. The number of rotatable bonds is 9. The van der Waals surface area contributed by atoms with Crippen LogP contribution in [0.4, 0.5) is 22.1 Å². The van der Waals surface area contributed by atoms with Crippen molar-refractivity contribution >= 4 is 44.5 Å². The minimum absolute atomic E-state index is 0.0205. The molecule has 0 amide bonds. The molecule has 0 spiro atoms. The molecular formula is C25H25N5O2S.